The number of hydrogen-bond donors (Lipinski definition) is 4. The molecule has 0 spiro atoms. The summed E-state index contributed by atoms with van der Waals surface area (Å²) in [6.45, 7) is 1.54. The van der Waals surface area contributed by atoms with E-state index in [0.717, 1.165) is 5.56 Å². The van der Waals surface area contributed by atoms with Crippen molar-refractivity contribution < 1.29 is 23.7 Å². The van der Waals surface area contributed by atoms with Crippen LogP contribution in [0.25, 0.3) is 10.9 Å². The predicted molar refractivity (Wildman–Crippen MR) is 139 cm³/mol. The average Bonchev–Trinajstić information content (AvgIpc) is 2.88. The van der Waals surface area contributed by atoms with Crippen LogP contribution in [0.15, 0.2) is 83.7 Å². The van der Waals surface area contributed by atoms with Gasteiger partial charge in [-0.25, -0.2) is 8.78 Å². The molecule has 37 heavy (non-hydrogen) atoms. The largest absolute Gasteiger partial charge is 0.506 e. The summed E-state index contributed by atoms with van der Waals surface area (Å²) >= 11 is 0. The van der Waals surface area contributed by atoms with E-state index in [0.29, 0.717) is 28.7 Å². The maximum atomic E-state index is 14.3. The lowest BCUT2D eigenvalue weighted by Gasteiger charge is -2.19. The second-order valence-electron chi connectivity index (χ2n) is 9.27. The molecule has 3 aromatic carbocycles. The van der Waals surface area contributed by atoms with Crippen LogP contribution in [0.5, 0.6) is 11.5 Å². The van der Waals surface area contributed by atoms with Gasteiger partial charge in [-0.1, -0.05) is 48.5 Å². The Labute approximate surface area is 213 Å². The van der Waals surface area contributed by atoms with Gasteiger partial charge in [-0.3, -0.25) is 4.79 Å². The normalized spacial score (nSPS) is 13.4. The fraction of sp³-hybridized carbons (Fsp3) is 0.276. The molecule has 0 fully saturated rings. The molecule has 0 saturated heterocycles. The SMILES string of the molecule is C[C@H](Cc1ccc(OCC(F)(F)Cc2ccccc2)cc1)NC[C@H](O)c1ccc(O)c2[nH]c(=O)ccc12. The molecule has 0 radical (unpaired) electrons. The van der Waals surface area contributed by atoms with Gasteiger partial charge in [0.05, 0.1) is 11.6 Å². The number of aromatic hydroxyl groups is 1. The summed E-state index contributed by atoms with van der Waals surface area (Å²) in [5, 5.41) is 24.6. The zero-order chi connectivity index (χ0) is 26.4. The number of fused-ring (bicyclic) bond motifs is 1. The van der Waals surface area contributed by atoms with E-state index in [1.807, 2.05) is 19.1 Å². The van der Waals surface area contributed by atoms with Gasteiger partial charge in [-0.15, -0.1) is 0 Å². The van der Waals surface area contributed by atoms with E-state index in [1.54, 1.807) is 54.6 Å². The van der Waals surface area contributed by atoms with Gasteiger partial charge in [0, 0.05) is 30.5 Å². The van der Waals surface area contributed by atoms with Crippen molar-refractivity contribution in [3.05, 3.63) is 106 Å². The highest BCUT2D eigenvalue weighted by Crippen LogP contribution is 2.28. The van der Waals surface area contributed by atoms with Crippen molar-refractivity contribution in [1.29, 1.82) is 0 Å². The Morgan fingerprint density at radius 2 is 1.70 bits per heavy atom. The molecule has 0 amide bonds. The Hall–Kier alpha value is -3.75. The molecule has 4 aromatic rings. The van der Waals surface area contributed by atoms with Gasteiger partial charge in [-0.2, -0.15) is 0 Å². The number of pyridine rings is 1. The van der Waals surface area contributed by atoms with Crippen LogP contribution in [0.3, 0.4) is 0 Å². The summed E-state index contributed by atoms with van der Waals surface area (Å²) in [7, 11) is 0. The minimum atomic E-state index is -2.97. The van der Waals surface area contributed by atoms with E-state index in [-0.39, 0.29) is 35.8 Å². The third kappa shape index (κ3) is 7.15. The molecular weight excluding hydrogens is 478 g/mol. The highest BCUT2D eigenvalue weighted by atomic mass is 19.3. The van der Waals surface area contributed by atoms with Crippen LogP contribution >= 0.6 is 0 Å². The molecule has 4 N–H and O–H groups in total. The number of phenols is 1. The lowest BCUT2D eigenvalue weighted by molar-refractivity contribution is -0.0400. The number of halogens is 2. The van der Waals surface area contributed by atoms with Crippen molar-refractivity contribution in [1.82, 2.24) is 10.3 Å². The molecule has 0 unspecified atom stereocenters. The Morgan fingerprint density at radius 3 is 2.43 bits per heavy atom. The van der Waals surface area contributed by atoms with Crippen LogP contribution in [0.4, 0.5) is 8.78 Å². The zero-order valence-corrected chi connectivity index (χ0v) is 20.5. The van der Waals surface area contributed by atoms with Gasteiger partial charge in [0.25, 0.3) is 5.92 Å². The molecule has 4 rings (SSSR count). The minimum absolute atomic E-state index is 0.0137. The number of hydrogen-bond acceptors (Lipinski definition) is 5. The number of benzene rings is 3. The highest BCUT2D eigenvalue weighted by Gasteiger charge is 2.30. The van der Waals surface area contributed by atoms with Crippen LogP contribution in [-0.4, -0.2) is 40.3 Å². The average molecular weight is 509 g/mol. The molecule has 0 bridgehead atoms. The van der Waals surface area contributed by atoms with Crippen LogP contribution in [0, 0.1) is 0 Å². The number of ether oxygens (including phenoxy) is 1. The number of phenolic OH excluding ortho intramolecular Hbond substituents is 1. The lowest BCUT2D eigenvalue weighted by atomic mass is 10.0. The van der Waals surface area contributed by atoms with Crippen molar-refractivity contribution in [3.8, 4) is 11.5 Å². The third-order valence-corrected chi connectivity index (χ3v) is 6.15. The molecule has 2 atom stereocenters. The van der Waals surface area contributed by atoms with E-state index >= 15 is 0 Å². The summed E-state index contributed by atoms with van der Waals surface area (Å²) in [6, 6.07) is 21.7. The molecule has 1 aromatic heterocycles. The Bertz CT molecular complexity index is 1370. The number of aromatic amines is 1. The molecule has 6 nitrogen and oxygen atoms in total. The van der Waals surface area contributed by atoms with Gasteiger partial charge < -0.3 is 25.3 Å². The minimum Gasteiger partial charge on any atom is -0.506 e. The van der Waals surface area contributed by atoms with Gasteiger partial charge in [0.1, 0.15) is 11.5 Å². The number of H-pyrrole nitrogens is 1. The lowest BCUT2D eigenvalue weighted by Crippen LogP contribution is -2.32. The molecule has 194 valence electrons. The molecular formula is C29H30F2N2O4. The highest BCUT2D eigenvalue weighted by molar-refractivity contribution is 5.87. The van der Waals surface area contributed by atoms with Gasteiger partial charge in [0.2, 0.25) is 5.56 Å². The first-order valence-corrected chi connectivity index (χ1v) is 12.1. The molecule has 0 aliphatic heterocycles. The topological polar surface area (TPSA) is 94.6 Å². The summed E-state index contributed by atoms with van der Waals surface area (Å²) in [4.78, 5) is 14.2. The first kappa shape index (κ1) is 26.3. The molecule has 0 saturated carbocycles. The number of aliphatic hydroxyl groups is 1. The van der Waals surface area contributed by atoms with Crippen molar-refractivity contribution in [2.24, 2.45) is 0 Å². The van der Waals surface area contributed by atoms with E-state index in [2.05, 4.69) is 10.3 Å². The molecule has 0 aliphatic rings. The maximum Gasteiger partial charge on any atom is 0.285 e. The smallest absolute Gasteiger partial charge is 0.285 e. The predicted octanol–water partition coefficient (Wildman–Crippen LogP) is 4.74. The number of aromatic nitrogens is 1. The van der Waals surface area contributed by atoms with Gasteiger partial charge >= 0.3 is 0 Å². The van der Waals surface area contributed by atoms with Gasteiger partial charge in [-0.05, 0) is 54.3 Å². The zero-order valence-electron chi connectivity index (χ0n) is 20.5. The van der Waals surface area contributed by atoms with Crippen LogP contribution in [0.1, 0.15) is 29.7 Å². The summed E-state index contributed by atoms with van der Waals surface area (Å²) in [6.07, 6.45) is -0.579. The summed E-state index contributed by atoms with van der Waals surface area (Å²) in [5.41, 5.74) is 2.10. The quantitative estimate of drug-likeness (QED) is 0.235. The second kappa shape index (κ2) is 11.5. The van der Waals surface area contributed by atoms with E-state index in [4.69, 9.17) is 4.74 Å². The standard InChI is InChI=1S/C29H30F2N2O4/c1-19(32-17-26(35)23-11-13-25(34)28-24(23)12-14-27(36)33-28)15-20-7-9-22(10-8-20)37-18-29(30,31)16-21-5-3-2-4-6-21/h2-14,19,26,32,34-35H,15-18H2,1H3,(H,33,36)/t19-,26+/m1/s1. The molecule has 8 heteroatoms. The van der Waals surface area contributed by atoms with E-state index in [1.165, 1.54) is 12.1 Å². The number of rotatable bonds is 11. The number of aliphatic hydroxyl groups excluding tert-OH is 1. The second-order valence-corrected chi connectivity index (χ2v) is 9.27. The monoisotopic (exact) mass is 508 g/mol. The van der Waals surface area contributed by atoms with E-state index < -0.39 is 18.6 Å². The fourth-order valence-electron chi connectivity index (χ4n) is 4.25. The van der Waals surface area contributed by atoms with Crippen LogP contribution in [0.2, 0.25) is 0 Å². The van der Waals surface area contributed by atoms with Crippen LogP contribution < -0.4 is 15.6 Å². The molecule has 1 heterocycles. The number of nitrogens with one attached hydrogen (secondary N) is 2. The maximum absolute atomic E-state index is 14.3. The fourth-order valence-corrected chi connectivity index (χ4v) is 4.25. The number of alkyl halides is 2. The van der Waals surface area contributed by atoms with Crippen molar-refractivity contribution >= 4 is 10.9 Å². The summed E-state index contributed by atoms with van der Waals surface area (Å²) < 4.78 is 33.9. The van der Waals surface area contributed by atoms with Crippen molar-refractivity contribution in [2.45, 2.75) is 37.8 Å². The first-order valence-electron chi connectivity index (χ1n) is 12.1. The van der Waals surface area contributed by atoms with Crippen LogP contribution in [-0.2, 0) is 12.8 Å². The Kier molecular flexibility index (Phi) is 8.21. The Morgan fingerprint density at radius 1 is 0.973 bits per heavy atom. The first-order chi connectivity index (χ1) is 17.7. The third-order valence-electron chi connectivity index (χ3n) is 6.15. The van der Waals surface area contributed by atoms with Crippen molar-refractivity contribution in [3.63, 3.8) is 0 Å². The molecule has 0 aliphatic carbocycles. The van der Waals surface area contributed by atoms with Crippen molar-refractivity contribution in [2.75, 3.05) is 13.2 Å². The Balaban J connectivity index is 1.28. The van der Waals surface area contributed by atoms with Gasteiger partial charge in [0.15, 0.2) is 6.61 Å². The summed E-state index contributed by atoms with van der Waals surface area (Å²) in [5.74, 6) is -2.65. The van der Waals surface area contributed by atoms with E-state index in [9.17, 15) is 23.8 Å².